The molecule has 0 aliphatic rings. The molecule has 0 fully saturated rings. The summed E-state index contributed by atoms with van der Waals surface area (Å²) in [6, 6.07) is 5.97. The topological polar surface area (TPSA) is 79.6 Å². The third-order valence-electron chi connectivity index (χ3n) is 2.91. The molecule has 2 aromatic rings. The van der Waals surface area contributed by atoms with Gasteiger partial charge in [-0.2, -0.15) is 0 Å². The molecule has 1 aromatic carbocycles. The number of amides is 1. The van der Waals surface area contributed by atoms with Crippen LogP contribution in [-0.2, 0) is 16.6 Å². The lowest BCUT2D eigenvalue weighted by Gasteiger charge is -2.11. The Morgan fingerprint density at radius 2 is 1.95 bits per heavy atom. The molecule has 0 saturated carbocycles. The maximum absolute atomic E-state index is 12.9. The summed E-state index contributed by atoms with van der Waals surface area (Å²) in [6.07, 6.45) is 0.202. The fourth-order valence-electron chi connectivity index (χ4n) is 1.80. The first-order valence-electron chi connectivity index (χ1n) is 6.04. The van der Waals surface area contributed by atoms with Gasteiger partial charge in [0.25, 0.3) is 10.0 Å². The summed E-state index contributed by atoms with van der Waals surface area (Å²) in [5.74, 6) is -0.533. The van der Waals surface area contributed by atoms with Gasteiger partial charge < -0.3 is 10.0 Å². The van der Waals surface area contributed by atoms with Crippen molar-refractivity contribution < 1.29 is 22.7 Å². The monoisotopic (exact) mass is 390 g/mol. The van der Waals surface area contributed by atoms with Crippen LogP contribution in [0, 0.1) is 5.82 Å². The molecular weight excluding hydrogens is 379 g/mol. The number of rotatable bonds is 4. The van der Waals surface area contributed by atoms with E-state index in [-0.39, 0.29) is 16.0 Å². The predicted molar refractivity (Wildman–Crippen MR) is 80.6 cm³/mol. The predicted octanol–water partition coefficient (Wildman–Crippen LogP) is 2.74. The third kappa shape index (κ3) is 3.30. The van der Waals surface area contributed by atoms with E-state index in [1.807, 2.05) is 0 Å². The van der Waals surface area contributed by atoms with Crippen molar-refractivity contribution in [2.45, 2.75) is 11.4 Å². The molecule has 9 heteroatoms. The Bertz CT molecular complexity index is 802. The largest absolute Gasteiger partial charge is 0.465 e. The number of hydrogen-bond acceptors (Lipinski definition) is 3. The van der Waals surface area contributed by atoms with E-state index < -0.39 is 21.9 Å². The van der Waals surface area contributed by atoms with Gasteiger partial charge in [0.05, 0.1) is 11.4 Å². The Hall–Kier alpha value is -1.87. The summed E-state index contributed by atoms with van der Waals surface area (Å²) in [5, 5.41) is 8.84. The van der Waals surface area contributed by atoms with E-state index in [9.17, 15) is 17.6 Å². The molecule has 1 N–H and O–H groups in total. The first kappa shape index (κ1) is 16.5. The summed E-state index contributed by atoms with van der Waals surface area (Å²) in [5.41, 5.74) is 0.502. The summed E-state index contributed by atoms with van der Waals surface area (Å²) in [7, 11) is -2.51. The van der Waals surface area contributed by atoms with Crippen LogP contribution in [0.15, 0.2) is 46.0 Å². The number of aromatic nitrogens is 1. The molecule has 1 heterocycles. The van der Waals surface area contributed by atoms with Gasteiger partial charge in [-0.1, -0.05) is 0 Å². The van der Waals surface area contributed by atoms with Gasteiger partial charge >= 0.3 is 6.09 Å². The van der Waals surface area contributed by atoms with E-state index in [4.69, 9.17) is 5.11 Å². The Labute approximate surface area is 135 Å². The SMILES string of the molecule is CN(Cc1cc(Br)n(S(=O)(=O)c2ccc(F)cc2)c1)C(=O)O. The van der Waals surface area contributed by atoms with Crippen LogP contribution in [0.2, 0.25) is 0 Å². The van der Waals surface area contributed by atoms with Gasteiger partial charge in [0.2, 0.25) is 0 Å². The van der Waals surface area contributed by atoms with Gasteiger partial charge in [-0.05, 0) is 51.8 Å². The van der Waals surface area contributed by atoms with Gasteiger partial charge in [0, 0.05) is 13.2 Å². The van der Waals surface area contributed by atoms with Crippen molar-refractivity contribution in [2.24, 2.45) is 0 Å². The average molecular weight is 391 g/mol. The Kier molecular flexibility index (Phi) is 4.57. The quantitative estimate of drug-likeness (QED) is 0.870. The van der Waals surface area contributed by atoms with Crippen LogP contribution in [-0.4, -0.2) is 35.5 Å². The molecule has 0 bridgehead atoms. The van der Waals surface area contributed by atoms with Crippen LogP contribution in [0.25, 0.3) is 0 Å². The molecule has 0 aliphatic carbocycles. The number of halogens is 2. The van der Waals surface area contributed by atoms with Crippen LogP contribution in [0.1, 0.15) is 5.56 Å². The summed E-state index contributed by atoms with van der Waals surface area (Å²) in [6.45, 7) is 0.0415. The molecule has 1 amide bonds. The highest BCUT2D eigenvalue weighted by Crippen LogP contribution is 2.23. The minimum atomic E-state index is -3.88. The molecule has 0 spiro atoms. The maximum Gasteiger partial charge on any atom is 0.407 e. The molecule has 0 unspecified atom stereocenters. The highest BCUT2D eigenvalue weighted by molar-refractivity contribution is 9.10. The van der Waals surface area contributed by atoms with Crippen molar-refractivity contribution in [2.75, 3.05) is 7.05 Å². The van der Waals surface area contributed by atoms with Crippen molar-refractivity contribution >= 4 is 32.0 Å². The number of benzene rings is 1. The molecule has 0 radical (unpaired) electrons. The summed E-state index contributed by atoms with van der Waals surface area (Å²) < 4.78 is 39.1. The molecule has 0 aliphatic heterocycles. The van der Waals surface area contributed by atoms with E-state index >= 15 is 0 Å². The van der Waals surface area contributed by atoms with Crippen molar-refractivity contribution in [1.29, 1.82) is 0 Å². The molecule has 22 heavy (non-hydrogen) atoms. The first-order chi connectivity index (χ1) is 10.2. The number of carboxylic acid groups (broad SMARTS) is 1. The summed E-state index contributed by atoms with van der Waals surface area (Å²) >= 11 is 3.14. The molecule has 0 atom stereocenters. The lowest BCUT2D eigenvalue weighted by Crippen LogP contribution is -2.23. The van der Waals surface area contributed by atoms with Gasteiger partial charge in [0.1, 0.15) is 10.4 Å². The van der Waals surface area contributed by atoms with E-state index in [1.54, 1.807) is 0 Å². The number of hydrogen-bond donors (Lipinski definition) is 1. The second kappa shape index (κ2) is 6.09. The average Bonchev–Trinajstić information content (AvgIpc) is 2.80. The zero-order valence-corrected chi connectivity index (χ0v) is 13.8. The molecule has 0 saturated heterocycles. The van der Waals surface area contributed by atoms with Crippen molar-refractivity contribution in [3.8, 4) is 0 Å². The zero-order valence-electron chi connectivity index (χ0n) is 11.4. The molecule has 1 aromatic heterocycles. The molecule has 2 rings (SSSR count). The second-order valence-electron chi connectivity index (χ2n) is 4.56. The normalized spacial score (nSPS) is 11.4. The van der Waals surface area contributed by atoms with Gasteiger partial charge in [0.15, 0.2) is 0 Å². The third-order valence-corrected chi connectivity index (χ3v) is 5.45. The second-order valence-corrected chi connectivity index (χ2v) is 7.19. The maximum atomic E-state index is 12.9. The Morgan fingerprint density at radius 3 is 2.50 bits per heavy atom. The fourth-order valence-corrected chi connectivity index (χ4v) is 4.03. The van der Waals surface area contributed by atoms with Crippen LogP contribution >= 0.6 is 15.9 Å². The number of nitrogens with zero attached hydrogens (tertiary/aromatic N) is 2. The summed E-state index contributed by atoms with van der Waals surface area (Å²) in [4.78, 5) is 11.8. The minimum Gasteiger partial charge on any atom is -0.465 e. The standard InChI is InChI=1S/C13H12BrFN2O4S/c1-16(13(18)19)7-9-6-12(14)17(8-9)22(20,21)11-4-2-10(15)3-5-11/h2-6,8H,7H2,1H3,(H,18,19). The Morgan fingerprint density at radius 1 is 1.36 bits per heavy atom. The zero-order chi connectivity index (χ0) is 16.5. The van der Waals surface area contributed by atoms with Crippen molar-refractivity contribution in [3.05, 3.63) is 52.5 Å². The van der Waals surface area contributed by atoms with Crippen molar-refractivity contribution in [1.82, 2.24) is 8.87 Å². The van der Waals surface area contributed by atoms with Gasteiger partial charge in [-0.25, -0.2) is 21.6 Å². The highest BCUT2D eigenvalue weighted by atomic mass is 79.9. The molecule has 6 nitrogen and oxygen atoms in total. The molecule has 118 valence electrons. The van der Waals surface area contributed by atoms with Gasteiger partial charge in [-0.3, -0.25) is 0 Å². The molecular formula is C13H12BrFN2O4S. The lowest BCUT2D eigenvalue weighted by atomic mass is 10.3. The highest BCUT2D eigenvalue weighted by Gasteiger charge is 2.21. The van der Waals surface area contributed by atoms with Crippen LogP contribution in [0.4, 0.5) is 9.18 Å². The van der Waals surface area contributed by atoms with Gasteiger partial charge in [-0.15, -0.1) is 0 Å². The van der Waals surface area contributed by atoms with Crippen LogP contribution in [0.3, 0.4) is 0 Å². The fraction of sp³-hybridized carbons (Fsp3) is 0.154. The lowest BCUT2D eigenvalue weighted by molar-refractivity contribution is 0.154. The van der Waals surface area contributed by atoms with E-state index in [2.05, 4.69) is 15.9 Å². The van der Waals surface area contributed by atoms with E-state index in [1.165, 1.54) is 31.4 Å². The first-order valence-corrected chi connectivity index (χ1v) is 8.27. The minimum absolute atomic E-state index is 0.0415. The van der Waals surface area contributed by atoms with Crippen molar-refractivity contribution in [3.63, 3.8) is 0 Å². The smallest absolute Gasteiger partial charge is 0.407 e. The van der Waals surface area contributed by atoms with E-state index in [0.29, 0.717) is 5.56 Å². The number of carbonyl (C=O) groups is 1. The Balaban J connectivity index is 2.38. The van der Waals surface area contributed by atoms with E-state index in [0.717, 1.165) is 21.0 Å². The van der Waals surface area contributed by atoms with Crippen LogP contribution < -0.4 is 0 Å². The van der Waals surface area contributed by atoms with Crippen LogP contribution in [0.5, 0.6) is 0 Å².